The van der Waals surface area contributed by atoms with E-state index in [4.69, 9.17) is 9.52 Å². The van der Waals surface area contributed by atoms with Gasteiger partial charge in [-0.1, -0.05) is 0 Å². The first kappa shape index (κ1) is 15.1. The van der Waals surface area contributed by atoms with Crippen LogP contribution in [0.25, 0.3) is 0 Å². The fourth-order valence-electron chi connectivity index (χ4n) is 2.43. The van der Waals surface area contributed by atoms with Gasteiger partial charge in [0.15, 0.2) is 5.76 Å². The van der Waals surface area contributed by atoms with Crippen LogP contribution in [-0.4, -0.2) is 47.9 Å². The summed E-state index contributed by atoms with van der Waals surface area (Å²) in [6.45, 7) is 1.09. The van der Waals surface area contributed by atoms with Crippen molar-refractivity contribution in [2.45, 2.75) is 19.3 Å². The van der Waals surface area contributed by atoms with Gasteiger partial charge in [-0.05, 0) is 30.9 Å². The van der Waals surface area contributed by atoms with Crippen molar-refractivity contribution in [2.75, 3.05) is 20.1 Å². The minimum absolute atomic E-state index is 0.0110. The van der Waals surface area contributed by atoms with Crippen LogP contribution in [0.15, 0.2) is 16.5 Å². The van der Waals surface area contributed by atoms with Crippen molar-refractivity contribution >= 4 is 17.8 Å². The molecule has 0 saturated carbocycles. The predicted octanol–water partition coefficient (Wildman–Crippen LogP) is 0.966. The second-order valence-corrected chi connectivity index (χ2v) is 5.08. The molecule has 7 heteroatoms. The van der Waals surface area contributed by atoms with Gasteiger partial charge in [-0.25, -0.2) is 4.79 Å². The number of carbonyl (C=O) groups is 3. The topological polar surface area (TPSA) is 99.9 Å². The molecule has 0 spiro atoms. The fraction of sp³-hybridized carbons (Fsp3) is 0.500. The number of rotatable bonds is 4. The van der Waals surface area contributed by atoms with E-state index in [1.807, 2.05) is 0 Å². The zero-order valence-corrected chi connectivity index (χ0v) is 11.8. The van der Waals surface area contributed by atoms with Gasteiger partial charge in [0.05, 0.1) is 0 Å². The van der Waals surface area contributed by atoms with Crippen molar-refractivity contribution in [1.82, 2.24) is 10.2 Å². The lowest BCUT2D eigenvalue weighted by atomic mass is 9.93. The van der Waals surface area contributed by atoms with Crippen LogP contribution in [0.4, 0.5) is 0 Å². The van der Waals surface area contributed by atoms with Crippen LogP contribution in [0, 0.1) is 5.92 Å². The number of amides is 2. The Balaban J connectivity index is 1.90. The van der Waals surface area contributed by atoms with E-state index < -0.39 is 5.97 Å². The van der Waals surface area contributed by atoms with Gasteiger partial charge in [0.2, 0.25) is 11.7 Å². The SMILES string of the molecule is CNC(=O)CC1CCN(C(=O)c2ccc(C(=O)O)o2)CC1. The van der Waals surface area contributed by atoms with Gasteiger partial charge in [-0.3, -0.25) is 9.59 Å². The molecule has 1 aromatic rings. The largest absolute Gasteiger partial charge is 0.475 e. The minimum Gasteiger partial charge on any atom is -0.475 e. The first-order valence-corrected chi connectivity index (χ1v) is 6.84. The average Bonchev–Trinajstić information content (AvgIpc) is 2.97. The average molecular weight is 294 g/mol. The van der Waals surface area contributed by atoms with E-state index in [2.05, 4.69) is 5.32 Å². The van der Waals surface area contributed by atoms with Crippen LogP contribution in [0.5, 0.6) is 0 Å². The Kier molecular flexibility index (Phi) is 4.62. The Labute approximate surface area is 121 Å². The molecule has 0 bridgehead atoms. The zero-order valence-electron chi connectivity index (χ0n) is 11.8. The lowest BCUT2D eigenvalue weighted by Crippen LogP contribution is -2.39. The molecule has 0 atom stereocenters. The molecule has 0 aromatic carbocycles. The summed E-state index contributed by atoms with van der Waals surface area (Å²) in [7, 11) is 1.61. The van der Waals surface area contributed by atoms with E-state index in [0.717, 1.165) is 12.8 Å². The monoisotopic (exact) mass is 294 g/mol. The molecule has 1 aliphatic rings. The van der Waals surface area contributed by atoms with Gasteiger partial charge in [0, 0.05) is 26.6 Å². The summed E-state index contributed by atoms with van der Waals surface area (Å²) in [5.41, 5.74) is 0. The van der Waals surface area contributed by atoms with Crippen molar-refractivity contribution < 1.29 is 23.9 Å². The Bertz CT molecular complexity index is 543. The number of aromatic carboxylic acids is 1. The molecule has 0 unspecified atom stereocenters. The number of carboxylic acid groups (broad SMARTS) is 1. The van der Waals surface area contributed by atoms with E-state index >= 15 is 0 Å². The number of likely N-dealkylation sites (tertiary alicyclic amines) is 1. The molecule has 0 aliphatic carbocycles. The van der Waals surface area contributed by atoms with Crippen molar-refractivity contribution in [3.05, 3.63) is 23.7 Å². The first-order valence-electron chi connectivity index (χ1n) is 6.84. The molecule has 1 saturated heterocycles. The van der Waals surface area contributed by atoms with Crippen LogP contribution in [-0.2, 0) is 4.79 Å². The highest BCUT2D eigenvalue weighted by Gasteiger charge is 2.26. The maximum Gasteiger partial charge on any atom is 0.371 e. The molecule has 1 fully saturated rings. The van der Waals surface area contributed by atoms with Crippen molar-refractivity contribution in [2.24, 2.45) is 5.92 Å². The summed E-state index contributed by atoms with van der Waals surface area (Å²) >= 11 is 0. The van der Waals surface area contributed by atoms with Crippen molar-refractivity contribution in [3.63, 3.8) is 0 Å². The molecular formula is C14H18N2O5. The Morgan fingerprint density at radius 1 is 1.29 bits per heavy atom. The molecular weight excluding hydrogens is 276 g/mol. The van der Waals surface area contributed by atoms with E-state index in [1.54, 1.807) is 11.9 Å². The number of nitrogens with one attached hydrogen (secondary N) is 1. The second kappa shape index (κ2) is 6.43. The van der Waals surface area contributed by atoms with Gasteiger partial charge >= 0.3 is 5.97 Å². The summed E-state index contributed by atoms with van der Waals surface area (Å²) in [5, 5.41) is 11.4. The molecule has 2 amide bonds. The third-order valence-electron chi connectivity index (χ3n) is 3.68. The molecule has 0 radical (unpaired) electrons. The number of carbonyl (C=O) groups excluding carboxylic acids is 2. The maximum absolute atomic E-state index is 12.2. The zero-order chi connectivity index (χ0) is 15.4. The second-order valence-electron chi connectivity index (χ2n) is 5.08. The van der Waals surface area contributed by atoms with Crippen LogP contribution in [0.3, 0.4) is 0 Å². The van der Waals surface area contributed by atoms with Crippen molar-refractivity contribution in [3.8, 4) is 0 Å². The Morgan fingerprint density at radius 3 is 2.43 bits per heavy atom. The lowest BCUT2D eigenvalue weighted by Gasteiger charge is -2.31. The van der Waals surface area contributed by atoms with Crippen LogP contribution in [0.1, 0.15) is 40.4 Å². The molecule has 1 aromatic heterocycles. The number of hydrogen-bond acceptors (Lipinski definition) is 4. The van der Waals surface area contributed by atoms with Gasteiger partial charge in [0.25, 0.3) is 5.91 Å². The van der Waals surface area contributed by atoms with Crippen LogP contribution < -0.4 is 5.32 Å². The third-order valence-corrected chi connectivity index (χ3v) is 3.68. The summed E-state index contributed by atoms with van der Waals surface area (Å²) in [5.74, 6) is -1.42. The number of furan rings is 1. The van der Waals surface area contributed by atoms with E-state index in [1.165, 1.54) is 12.1 Å². The number of carboxylic acids is 1. The van der Waals surface area contributed by atoms with Crippen LogP contribution >= 0.6 is 0 Å². The summed E-state index contributed by atoms with van der Waals surface area (Å²) in [6, 6.07) is 2.65. The fourth-order valence-corrected chi connectivity index (χ4v) is 2.43. The molecule has 2 heterocycles. The Morgan fingerprint density at radius 2 is 1.90 bits per heavy atom. The molecule has 2 N–H and O–H groups in total. The van der Waals surface area contributed by atoms with Crippen molar-refractivity contribution in [1.29, 1.82) is 0 Å². The number of nitrogens with zero attached hydrogens (tertiary/aromatic N) is 1. The molecule has 114 valence electrons. The highest BCUT2D eigenvalue weighted by molar-refractivity contribution is 5.93. The summed E-state index contributed by atoms with van der Waals surface area (Å²) in [4.78, 5) is 35.9. The van der Waals surface area contributed by atoms with Gasteiger partial charge in [-0.2, -0.15) is 0 Å². The number of hydrogen-bond donors (Lipinski definition) is 2. The van der Waals surface area contributed by atoms with E-state index in [9.17, 15) is 14.4 Å². The van der Waals surface area contributed by atoms with Gasteiger partial charge in [-0.15, -0.1) is 0 Å². The smallest absolute Gasteiger partial charge is 0.371 e. The molecule has 2 rings (SSSR count). The first-order chi connectivity index (χ1) is 10.0. The quantitative estimate of drug-likeness (QED) is 0.861. The van der Waals surface area contributed by atoms with E-state index in [-0.39, 0.29) is 29.3 Å². The highest BCUT2D eigenvalue weighted by atomic mass is 16.4. The minimum atomic E-state index is -1.20. The summed E-state index contributed by atoms with van der Waals surface area (Å²) < 4.78 is 5.01. The standard InChI is InChI=1S/C14H18N2O5/c1-15-12(17)8-9-4-6-16(7-5-9)13(18)10-2-3-11(21-10)14(19)20/h2-3,9H,4-8H2,1H3,(H,15,17)(H,19,20). The summed E-state index contributed by atoms with van der Waals surface area (Å²) in [6.07, 6.45) is 1.99. The normalized spacial score (nSPS) is 15.8. The predicted molar refractivity (Wildman–Crippen MR) is 73.0 cm³/mol. The molecule has 1 aliphatic heterocycles. The lowest BCUT2D eigenvalue weighted by molar-refractivity contribution is -0.121. The third kappa shape index (κ3) is 3.62. The van der Waals surface area contributed by atoms with E-state index in [0.29, 0.717) is 19.5 Å². The Hall–Kier alpha value is -2.31. The molecule has 21 heavy (non-hydrogen) atoms. The van der Waals surface area contributed by atoms with Gasteiger partial charge < -0.3 is 19.7 Å². The highest BCUT2D eigenvalue weighted by Crippen LogP contribution is 2.22. The van der Waals surface area contributed by atoms with Crippen LogP contribution in [0.2, 0.25) is 0 Å². The molecule has 7 nitrogen and oxygen atoms in total. The maximum atomic E-state index is 12.2. The van der Waals surface area contributed by atoms with Gasteiger partial charge in [0.1, 0.15) is 0 Å². The number of piperidine rings is 1.